The Morgan fingerprint density at radius 3 is 2.62 bits per heavy atom. The SMILES string of the molecule is CCOC(=O)C(C)c1ccc(-c2cccc(F)c2Cl)c(NS(=O)(=O)c2cncc(C)c2)c1. The third-order valence-corrected chi connectivity index (χ3v) is 6.55. The number of rotatable bonds is 7. The van der Waals surface area contributed by atoms with Gasteiger partial charge in [0.2, 0.25) is 0 Å². The molecule has 0 fully saturated rings. The largest absolute Gasteiger partial charge is 0.466 e. The van der Waals surface area contributed by atoms with Crippen LogP contribution in [0.5, 0.6) is 0 Å². The first-order valence-corrected chi connectivity index (χ1v) is 11.7. The lowest BCUT2D eigenvalue weighted by atomic mass is 9.96. The van der Waals surface area contributed by atoms with Gasteiger partial charge in [-0.05, 0) is 50.1 Å². The summed E-state index contributed by atoms with van der Waals surface area (Å²) in [7, 11) is -4.03. The Morgan fingerprint density at radius 2 is 1.94 bits per heavy atom. The first-order valence-electron chi connectivity index (χ1n) is 9.83. The molecule has 0 saturated carbocycles. The number of carbonyl (C=O) groups excluding carboxylic acids is 1. The molecule has 9 heteroatoms. The third kappa shape index (κ3) is 5.08. The molecule has 32 heavy (non-hydrogen) atoms. The third-order valence-electron chi connectivity index (χ3n) is 4.83. The number of hydrogen-bond acceptors (Lipinski definition) is 5. The van der Waals surface area contributed by atoms with Crippen LogP contribution >= 0.6 is 11.6 Å². The highest BCUT2D eigenvalue weighted by Crippen LogP contribution is 2.37. The highest BCUT2D eigenvalue weighted by Gasteiger charge is 2.22. The molecule has 1 N–H and O–H groups in total. The maximum Gasteiger partial charge on any atom is 0.313 e. The van der Waals surface area contributed by atoms with Crippen LogP contribution in [-0.4, -0.2) is 26.0 Å². The second kappa shape index (κ2) is 9.67. The van der Waals surface area contributed by atoms with Crippen LogP contribution < -0.4 is 4.72 Å². The number of nitrogens with one attached hydrogen (secondary N) is 1. The first-order chi connectivity index (χ1) is 15.1. The van der Waals surface area contributed by atoms with E-state index in [-0.39, 0.29) is 22.2 Å². The smallest absolute Gasteiger partial charge is 0.313 e. The van der Waals surface area contributed by atoms with Gasteiger partial charge in [0.15, 0.2) is 0 Å². The molecule has 3 aromatic rings. The van der Waals surface area contributed by atoms with Gasteiger partial charge in [-0.2, -0.15) is 0 Å². The van der Waals surface area contributed by atoms with Gasteiger partial charge in [-0.1, -0.05) is 35.9 Å². The maximum absolute atomic E-state index is 14.1. The highest BCUT2D eigenvalue weighted by atomic mass is 35.5. The van der Waals surface area contributed by atoms with Gasteiger partial charge in [0.05, 0.1) is 23.2 Å². The molecule has 0 aliphatic heterocycles. The summed E-state index contributed by atoms with van der Waals surface area (Å²) in [6.45, 7) is 5.31. The number of halogens is 2. The number of aryl methyl sites for hydroxylation is 1. The fraction of sp³-hybridized carbons (Fsp3) is 0.217. The van der Waals surface area contributed by atoms with E-state index in [2.05, 4.69) is 9.71 Å². The van der Waals surface area contributed by atoms with Crippen molar-refractivity contribution in [1.29, 1.82) is 0 Å². The average Bonchev–Trinajstić information content (AvgIpc) is 2.75. The predicted molar refractivity (Wildman–Crippen MR) is 122 cm³/mol. The normalized spacial score (nSPS) is 12.3. The molecule has 0 saturated heterocycles. The molecule has 0 amide bonds. The molecule has 3 rings (SSSR count). The van der Waals surface area contributed by atoms with Crippen molar-refractivity contribution in [2.75, 3.05) is 11.3 Å². The van der Waals surface area contributed by atoms with Crippen molar-refractivity contribution < 1.29 is 22.3 Å². The molecule has 0 aliphatic carbocycles. The van der Waals surface area contributed by atoms with Gasteiger partial charge in [-0.25, -0.2) is 12.8 Å². The van der Waals surface area contributed by atoms with Crippen LogP contribution in [0.15, 0.2) is 59.8 Å². The van der Waals surface area contributed by atoms with Gasteiger partial charge in [0, 0.05) is 23.5 Å². The standard InChI is InChI=1S/C23H22ClFN2O4S/c1-4-31-23(28)15(3)16-8-9-18(19-6-5-7-20(25)22(19)24)21(11-16)27-32(29,30)17-10-14(2)12-26-13-17/h5-13,15,27H,4H2,1-3H3. The summed E-state index contributed by atoms with van der Waals surface area (Å²) in [4.78, 5) is 16.1. The van der Waals surface area contributed by atoms with Gasteiger partial charge >= 0.3 is 5.97 Å². The average molecular weight is 477 g/mol. The number of esters is 1. The van der Waals surface area contributed by atoms with E-state index in [1.54, 1.807) is 45.2 Å². The molecule has 2 aromatic carbocycles. The fourth-order valence-electron chi connectivity index (χ4n) is 3.14. The molecule has 0 radical (unpaired) electrons. The number of hydrogen-bond donors (Lipinski definition) is 1. The Bertz CT molecular complexity index is 1260. The van der Waals surface area contributed by atoms with Crippen LogP contribution in [0.2, 0.25) is 5.02 Å². The van der Waals surface area contributed by atoms with Crippen molar-refractivity contribution in [3.05, 3.63) is 76.8 Å². The number of ether oxygens (including phenoxy) is 1. The molecular weight excluding hydrogens is 455 g/mol. The van der Waals surface area contributed by atoms with E-state index in [0.29, 0.717) is 22.3 Å². The zero-order valence-corrected chi connectivity index (χ0v) is 19.3. The monoisotopic (exact) mass is 476 g/mol. The zero-order chi connectivity index (χ0) is 23.5. The van der Waals surface area contributed by atoms with Crippen molar-refractivity contribution >= 4 is 33.3 Å². The molecule has 168 valence electrons. The Labute approximate surface area is 191 Å². The maximum atomic E-state index is 14.1. The summed E-state index contributed by atoms with van der Waals surface area (Å²) in [5.41, 5.74) is 2.01. The lowest BCUT2D eigenvalue weighted by Crippen LogP contribution is -2.16. The minimum atomic E-state index is -4.03. The number of carbonyl (C=O) groups is 1. The summed E-state index contributed by atoms with van der Waals surface area (Å²) in [5.74, 6) is -1.72. The minimum absolute atomic E-state index is 0.0300. The number of benzene rings is 2. The molecule has 1 unspecified atom stereocenters. The van der Waals surface area contributed by atoms with Crippen molar-refractivity contribution in [3.63, 3.8) is 0 Å². The molecule has 0 aliphatic rings. The van der Waals surface area contributed by atoms with E-state index in [9.17, 15) is 17.6 Å². The number of anilines is 1. The van der Waals surface area contributed by atoms with Crippen LogP contribution in [0.1, 0.15) is 30.9 Å². The number of aromatic nitrogens is 1. The number of nitrogens with zero attached hydrogens (tertiary/aromatic N) is 1. The van der Waals surface area contributed by atoms with E-state index in [1.165, 1.54) is 30.5 Å². The lowest BCUT2D eigenvalue weighted by Gasteiger charge is -2.18. The second-order valence-electron chi connectivity index (χ2n) is 7.18. The van der Waals surface area contributed by atoms with Gasteiger partial charge in [0.1, 0.15) is 10.7 Å². The van der Waals surface area contributed by atoms with E-state index < -0.39 is 27.7 Å². The Kier molecular flexibility index (Phi) is 7.16. The Morgan fingerprint density at radius 1 is 1.19 bits per heavy atom. The molecule has 0 spiro atoms. The summed E-state index contributed by atoms with van der Waals surface area (Å²) >= 11 is 6.17. The molecular formula is C23H22ClFN2O4S. The van der Waals surface area contributed by atoms with Crippen LogP contribution in [0.25, 0.3) is 11.1 Å². The molecule has 0 bridgehead atoms. The molecule has 1 aromatic heterocycles. The molecule has 6 nitrogen and oxygen atoms in total. The van der Waals surface area contributed by atoms with E-state index in [1.807, 2.05) is 0 Å². The second-order valence-corrected chi connectivity index (χ2v) is 9.24. The van der Waals surface area contributed by atoms with Crippen LogP contribution in [0, 0.1) is 12.7 Å². The van der Waals surface area contributed by atoms with Crippen molar-refractivity contribution in [3.8, 4) is 11.1 Å². The highest BCUT2D eigenvalue weighted by molar-refractivity contribution is 7.92. The molecule has 1 heterocycles. The van der Waals surface area contributed by atoms with Crippen molar-refractivity contribution in [2.24, 2.45) is 0 Å². The van der Waals surface area contributed by atoms with E-state index in [0.717, 1.165) is 0 Å². The number of pyridine rings is 1. The van der Waals surface area contributed by atoms with E-state index >= 15 is 0 Å². The molecule has 1 atom stereocenters. The quantitative estimate of drug-likeness (QED) is 0.466. The van der Waals surface area contributed by atoms with Gasteiger partial charge in [-0.15, -0.1) is 0 Å². The fourth-order valence-corrected chi connectivity index (χ4v) is 4.49. The van der Waals surface area contributed by atoms with Crippen molar-refractivity contribution in [2.45, 2.75) is 31.6 Å². The van der Waals surface area contributed by atoms with Gasteiger partial charge < -0.3 is 4.74 Å². The Hall–Kier alpha value is -2.97. The lowest BCUT2D eigenvalue weighted by molar-refractivity contribution is -0.144. The summed E-state index contributed by atoms with van der Waals surface area (Å²) in [5, 5.41) is -0.142. The van der Waals surface area contributed by atoms with Crippen LogP contribution in [0.3, 0.4) is 0 Å². The summed E-state index contributed by atoms with van der Waals surface area (Å²) in [6, 6.07) is 10.5. The Balaban J connectivity index is 2.14. The number of sulfonamides is 1. The minimum Gasteiger partial charge on any atom is -0.466 e. The summed E-state index contributed by atoms with van der Waals surface area (Å²) in [6.07, 6.45) is 2.77. The zero-order valence-electron chi connectivity index (χ0n) is 17.7. The predicted octanol–water partition coefficient (Wildman–Crippen LogP) is 5.32. The summed E-state index contributed by atoms with van der Waals surface area (Å²) < 4.78 is 47.8. The van der Waals surface area contributed by atoms with Crippen molar-refractivity contribution in [1.82, 2.24) is 4.98 Å². The topological polar surface area (TPSA) is 85.4 Å². The van der Waals surface area contributed by atoms with E-state index in [4.69, 9.17) is 16.3 Å². The first kappa shape index (κ1) is 23.7. The van der Waals surface area contributed by atoms with Crippen LogP contribution in [-0.2, 0) is 19.6 Å². The van der Waals surface area contributed by atoms with Gasteiger partial charge in [-0.3, -0.25) is 14.5 Å². The van der Waals surface area contributed by atoms with Gasteiger partial charge in [0.25, 0.3) is 10.0 Å². The van der Waals surface area contributed by atoms with Crippen LogP contribution in [0.4, 0.5) is 10.1 Å².